The maximum absolute atomic E-state index is 8.74. The topological polar surface area (TPSA) is 32.3 Å². The van der Waals surface area contributed by atoms with E-state index in [2.05, 4.69) is 12.2 Å². The highest BCUT2D eigenvalue weighted by Crippen LogP contribution is 2.20. The van der Waals surface area contributed by atoms with Crippen LogP contribution in [0.3, 0.4) is 0 Å². The molecule has 1 aliphatic heterocycles. The predicted octanol–water partition coefficient (Wildman–Crippen LogP) is 1.15. The Bertz CT molecular complexity index is 104. The van der Waals surface area contributed by atoms with E-state index >= 15 is 0 Å². The minimum absolute atomic E-state index is 0.327. The molecule has 1 saturated heterocycles. The fourth-order valence-electron chi connectivity index (χ4n) is 1.84. The van der Waals surface area contributed by atoms with Crippen LogP contribution in [0.15, 0.2) is 0 Å². The summed E-state index contributed by atoms with van der Waals surface area (Å²) >= 11 is 0. The van der Waals surface area contributed by atoms with Gasteiger partial charge in [-0.3, -0.25) is 0 Å². The van der Waals surface area contributed by atoms with E-state index in [-0.39, 0.29) is 0 Å². The maximum Gasteiger partial charge on any atom is 0.0445 e. The summed E-state index contributed by atoms with van der Waals surface area (Å²) in [6, 6.07) is 0.582. The second kappa shape index (κ2) is 4.73. The SMILES string of the molecule is CCC1CCNC(CCO)C1. The Morgan fingerprint density at radius 3 is 3.00 bits per heavy atom. The van der Waals surface area contributed by atoms with E-state index in [1.165, 1.54) is 19.3 Å². The van der Waals surface area contributed by atoms with Gasteiger partial charge in [0, 0.05) is 12.6 Å². The summed E-state index contributed by atoms with van der Waals surface area (Å²) in [7, 11) is 0. The molecule has 0 spiro atoms. The number of aliphatic hydroxyl groups is 1. The molecule has 0 amide bonds. The molecule has 66 valence electrons. The molecule has 0 saturated carbocycles. The lowest BCUT2D eigenvalue weighted by molar-refractivity contribution is 0.224. The van der Waals surface area contributed by atoms with E-state index in [4.69, 9.17) is 5.11 Å². The van der Waals surface area contributed by atoms with Crippen LogP contribution in [-0.2, 0) is 0 Å². The van der Waals surface area contributed by atoms with Crippen LogP contribution >= 0.6 is 0 Å². The summed E-state index contributed by atoms with van der Waals surface area (Å²) in [5.41, 5.74) is 0. The van der Waals surface area contributed by atoms with Crippen molar-refractivity contribution in [2.75, 3.05) is 13.2 Å². The third-order valence-electron chi connectivity index (χ3n) is 2.66. The van der Waals surface area contributed by atoms with E-state index in [1.807, 2.05) is 0 Å². The van der Waals surface area contributed by atoms with Crippen LogP contribution < -0.4 is 5.32 Å². The summed E-state index contributed by atoms with van der Waals surface area (Å²) in [6.45, 7) is 3.73. The fraction of sp³-hybridized carbons (Fsp3) is 1.00. The van der Waals surface area contributed by atoms with Crippen molar-refractivity contribution in [3.05, 3.63) is 0 Å². The molecule has 2 N–H and O–H groups in total. The largest absolute Gasteiger partial charge is 0.396 e. The normalized spacial score (nSPS) is 32.2. The third kappa shape index (κ3) is 2.80. The van der Waals surface area contributed by atoms with Crippen LogP contribution in [0.5, 0.6) is 0 Å². The van der Waals surface area contributed by atoms with Crippen molar-refractivity contribution in [1.29, 1.82) is 0 Å². The first-order chi connectivity index (χ1) is 5.36. The molecule has 0 bridgehead atoms. The first kappa shape index (κ1) is 9.01. The highest BCUT2D eigenvalue weighted by Gasteiger charge is 2.18. The molecule has 1 aliphatic rings. The van der Waals surface area contributed by atoms with Crippen molar-refractivity contribution in [3.63, 3.8) is 0 Å². The molecule has 2 nitrogen and oxygen atoms in total. The summed E-state index contributed by atoms with van der Waals surface area (Å²) in [4.78, 5) is 0. The molecule has 0 aliphatic carbocycles. The summed E-state index contributed by atoms with van der Waals surface area (Å²) in [5.74, 6) is 0.896. The lowest BCUT2D eigenvalue weighted by atomic mass is 9.89. The van der Waals surface area contributed by atoms with E-state index in [0.29, 0.717) is 12.6 Å². The molecular formula is C9H19NO. The van der Waals surface area contributed by atoms with Crippen LogP contribution in [0.1, 0.15) is 32.6 Å². The Hall–Kier alpha value is -0.0800. The molecule has 0 aromatic heterocycles. The van der Waals surface area contributed by atoms with Gasteiger partial charge in [0.05, 0.1) is 0 Å². The van der Waals surface area contributed by atoms with E-state index < -0.39 is 0 Å². The molecule has 0 radical (unpaired) electrons. The zero-order valence-corrected chi connectivity index (χ0v) is 7.34. The van der Waals surface area contributed by atoms with Crippen molar-refractivity contribution in [2.24, 2.45) is 5.92 Å². The highest BCUT2D eigenvalue weighted by atomic mass is 16.3. The van der Waals surface area contributed by atoms with Gasteiger partial charge >= 0.3 is 0 Å². The van der Waals surface area contributed by atoms with Crippen molar-refractivity contribution in [1.82, 2.24) is 5.32 Å². The van der Waals surface area contributed by atoms with Gasteiger partial charge in [0.2, 0.25) is 0 Å². The second-order valence-corrected chi connectivity index (χ2v) is 3.46. The second-order valence-electron chi connectivity index (χ2n) is 3.46. The summed E-state index contributed by atoms with van der Waals surface area (Å²) in [5, 5.41) is 12.2. The molecule has 0 aromatic carbocycles. The van der Waals surface area contributed by atoms with E-state index in [1.54, 1.807) is 0 Å². The lowest BCUT2D eigenvalue weighted by Crippen LogP contribution is -2.38. The number of piperidine rings is 1. The Labute approximate surface area is 69.0 Å². The Kier molecular flexibility index (Phi) is 3.87. The van der Waals surface area contributed by atoms with Gasteiger partial charge in [-0.1, -0.05) is 13.3 Å². The first-order valence-electron chi connectivity index (χ1n) is 4.71. The average Bonchev–Trinajstić information content (AvgIpc) is 2.06. The minimum atomic E-state index is 0.327. The highest BCUT2D eigenvalue weighted by molar-refractivity contribution is 4.77. The number of rotatable bonds is 3. The lowest BCUT2D eigenvalue weighted by Gasteiger charge is -2.29. The van der Waals surface area contributed by atoms with E-state index in [9.17, 15) is 0 Å². The number of nitrogens with one attached hydrogen (secondary N) is 1. The van der Waals surface area contributed by atoms with Crippen molar-refractivity contribution in [3.8, 4) is 0 Å². The molecule has 2 atom stereocenters. The van der Waals surface area contributed by atoms with Gasteiger partial charge in [-0.2, -0.15) is 0 Å². The van der Waals surface area contributed by atoms with E-state index in [0.717, 1.165) is 18.9 Å². The standard InChI is InChI=1S/C9H19NO/c1-2-8-3-5-10-9(7-8)4-6-11/h8-11H,2-7H2,1H3. The molecule has 1 fully saturated rings. The van der Waals surface area contributed by atoms with Gasteiger partial charge in [0.15, 0.2) is 0 Å². The molecule has 1 rings (SSSR count). The maximum atomic E-state index is 8.74. The van der Waals surface area contributed by atoms with Gasteiger partial charge in [0.25, 0.3) is 0 Å². The number of aliphatic hydroxyl groups excluding tert-OH is 1. The first-order valence-corrected chi connectivity index (χ1v) is 4.71. The van der Waals surface area contributed by atoms with Crippen LogP contribution in [0, 0.1) is 5.92 Å². The van der Waals surface area contributed by atoms with Gasteiger partial charge in [-0.15, -0.1) is 0 Å². The molecule has 11 heavy (non-hydrogen) atoms. The average molecular weight is 157 g/mol. The van der Waals surface area contributed by atoms with Crippen LogP contribution in [0.2, 0.25) is 0 Å². The predicted molar refractivity (Wildman–Crippen MR) is 46.5 cm³/mol. The third-order valence-corrected chi connectivity index (χ3v) is 2.66. The van der Waals surface area contributed by atoms with Crippen LogP contribution in [-0.4, -0.2) is 24.3 Å². The fourth-order valence-corrected chi connectivity index (χ4v) is 1.84. The monoisotopic (exact) mass is 157 g/mol. The molecule has 0 aromatic rings. The number of hydrogen-bond acceptors (Lipinski definition) is 2. The van der Waals surface area contributed by atoms with Crippen molar-refractivity contribution < 1.29 is 5.11 Å². The zero-order valence-electron chi connectivity index (χ0n) is 7.34. The quantitative estimate of drug-likeness (QED) is 0.644. The van der Waals surface area contributed by atoms with Gasteiger partial charge in [-0.05, 0) is 31.7 Å². The summed E-state index contributed by atoms with van der Waals surface area (Å²) in [6.07, 6.45) is 4.80. The van der Waals surface area contributed by atoms with Gasteiger partial charge in [-0.25, -0.2) is 0 Å². The summed E-state index contributed by atoms with van der Waals surface area (Å²) < 4.78 is 0. The number of hydrogen-bond donors (Lipinski definition) is 2. The zero-order chi connectivity index (χ0) is 8.10. The van der Waals surface area contributed by atoms with Crippen LogP contribution in [0.25, 0.3) is 0 Å². The Morgan fingerprint density at radius 2 is 2.36 bits per heavy atom. The van der Waals surface area contributed by atoms with Crippen molar-refractivity contribution >= 4 is 0 Å². The molecule has 2 unspecified atom stereocenters. The van der Waals surface area contributed by atoms with Crippen molar-refractivity contribution in [2.45, 2.75) is 38.6 Å². The molecule has 2 heteroatoms. The van der Waals surface area contributed by atoms with Gasteiger partial charge < -0.3 is 10.4 Å². The Balaban J connectivity index is 2.21. The Morgan fingerprint density at radius 1 is 1.55 bits per heavy atom. The van der Waals surface area contributed by atoms with Crippen LogP contribution in [0.4, 0.5) is 0 Å². The smallest absolute Gasteiger partial charge is 0.0445 e. The molecule has 1 heterocycles. The van der Waals surface area contributed by atoms with Gasteiger partial charge in [0.1, 0.15) is 0 Å². The minimum Gasteiger partial charge on any atom is -0.396 e. The molecular weight excluding hydrogens is 138 g/mol.